The fourth-order valence-corrected chi connectivity index (χ4v) is 3.51. The van der Waals surface area contributed by atoms with Crippen LogP contribution in [0, 0.1) is 13.8 Å². The van der Waals surface area contributed by atoms with Gasteiger partial charge in [-0.15, -0.1) is 0 Å². The van der Waals surface area contributed by atoms with Crippen LogP contribution in [-0.2, 0) is 0 Å². The van der Waals surface area contributed by atoms with Crippen molar-refractivity contribution in [1.82, 2.24) is 25.4 Å². The minimum absolute atomic E-state index is 0.0635. The Morgan fingerprint density at radius 2 is 1.90 bits per heavy atom. The molecular weight excluding hydrogens is 370 g/mol. The molecule has 8 nitrogen and oxygen atoms in total. The zero-order chi connectivity index (χ0) is 20.2. The Morgan fingerprint density at radius 1 is 1.14 bits per heavy atom. The van der Waals surface area contributed by atoms with Crippen LogP contribution in [0.25, 0.3) is 11.3 Å². The summed E-state index contributed by atoms with van der Waals surface area (Å²) in [4.78, 5) is 25.2. The van der Waals surface area contributed by atoms with Crippen LogP contribution < -0.4 is 10.1 Å². The number of hydrogen-bond acceptors (Lipinski definition) is 7. The summed E-state index contributed by atoms with van der Waals surface area (Å²) in [5.41, 5.74) is 2.84. The third-order valence-corrected chi connectivity index (χ3v) is 4.93. The van der Waals surface area contributed by atoms with Gasteiger partial charge in [-0.2, -0.15) is 0 Å². The van der Waals surface area contributed by atoms with Gasteiger partial charge < -0.3 is 14.6 Å². The molecule has 0 aliphatic heterocycles. The van der Waals surface area contributed by atoms with Gasteiger partial charge >= 0.3 is 6.01 Å². The third-order valence-electron chi connectivity index (χ3n) is 4.93. The molecule has 1 aliphatic rings. The number of aryl methyl sites for hydroxylation is 2. The Morgan fingerprint density at radius 3 is 2.59 bits per heavy atom. The molecule has 3 aromatic rings. The topological polar surface area (TPSA) is 103 Å². The summed E-state index contributed by atoms with van der Waals surface area (Å²) in [6.07, 6.45) is 6.74. The number of carbonyl (C=O) groups is 1. The molecule has 3 aromatic heterocycles. The van der Waals surface area contributed by atoms with Crippen molar-refractivity contribution in [2.24, 2.45) is 0 Å². The molecule has 3 heterocycles. The van der Waals surface area contributed by atoms with E-state index in [9.17, 15) is 4.79 Å². The van der Waals surface area contributed by atoms with Crippen LogP contribution in [0.1, 0.15) is 47.6 Å². The van der Waals surface area contributed by atoms with Crippen molar-refractivity contribution < 1.29 is 14.1 Å². The summed E-state index contributed by atoms with van der Waals surface area (Å²) in [6, 6.07) is 7.74. The quantitative estimate of drug-likeness (QED) is 0.709. The predicted molar refractivity (Wildman–Crippen MR) is 105 cm³/mol. The molecule has 1 aliphatic carbocycles. The molecule has 1 amide bonds. The van der Waals surface area contributed by atoms with Gasteiger partial charge in [0.25, 0.3) is 5.91 Å². The summed E-state index contributed by atoms with van der Waals surface area (Å²) < 4.78 is 11.2. The molecule has 0 spiro atoms. The summed E-state index contributed by atoms with van der Waals surface area (Å²) in [5, 5.41) is 6.93. The number of carbonyl (C=O) groups excluding carboxylic acids is 1. The number of amides is 1. The Bertz CT molecular complexity index is 961. The smallest absolute Gasteiger partial charge is 0.317 e. The van der Waals surface area contributed by atoms with Gasteiger partial charge in [-0.3, -0.25) is 9.78 Å². The number of nitrogens with zero attached hydrogens (tertiary/aromatic N) is 4. The van der Waals surface area contributed by atoms with Crippen molar-refractivity contribution in [3.05, 3.63) is 53.7 Å². The molecule has 1 fully saturated rings. The van der Waals surface area contributed by atoms with E-state index in [1.165, 1.54) is 0 Å². The number of aromatic nitrogens is 4. The number of nitrogens with one attached hydrogen (secondary N) is 1. The fraction of sp³-hybridized carbons (Fsp3) is 0.381. The number of pyridine rings is 1. The Balaban J connectivity index is 1.29. The van der Waals surface area contributed by atoms with Crippen LogP contribution in [0.4, 0.5) is 0 Å². The highest BCUT2D eigenvalue weighted by molar-refractivity contribution is 5.93. The van der Waals surface area contributed by atoms with E-state index in [4.69, 9.17) is 9.26 Å². The first-order chi connectivity index (χ1) is 14.1. The maximum Gasteiger partial charge on any atom is 0.317 e. The lowest BCUT2D eigenvalue weighted by atomic mass is 9.93. The van der Waals surface area contributed by atoms with Crippen LogP contribution in [-0.4, -0.2) is 38.2 Å². The van der Waals surface area contributed by atoms with Gasteiger partial charge in [0.15, 0.2) is 11.5 Å². The van der Waals surface area contributed by atoms with E-state index in [2.05, 4.69) is 25.4 Å². The molecular formula is C21H23N5O3. The molecule has 0 bridgehead atoms. The van der Waals surface area contributed by atoms with Gasteiger partial charge in [-0.25, -0.2) is 9.97 Å². The Hall–Kier alpha value is -3.29. The highest BCUT2D eigenvalue weighted by Crippen LogP contribution is 2.23. The van der Waals surface area contributed by atoms with Gasteiger partial charge in [-0.05, 0) is 57.7 Å². The van der Waals surface area contributed by atoms with E-state index in [-0.39, 0.29) is 23.7 Å². The number of hydrogen-bond donors (Lipinski definition) is 1. The zero-order valence-corrected chi connectivity index (χ0v) is 16.5. The summed E-state index contributed by atoms with van der Waals surface area (Å²) in [6.45, 7) is 3.86. The SMILES string of the molecule is Cc1cc(C)nc(OC2CCC(NC(=O)c3cc(-c4cccnc4)on3)CC2)n1. The molecule has 0 radical (unpaired) electrons. The minimum atomic E-state index is -0.231. The van der Waals surface area contributed by atoms with E-state index in [1.54, 1.807) is 24.5 Å². The second kappa shape index (κ2) is 8.38. The average Bonchev–Trinajstić information content (AvgIpc) is 3.20. The second-order valence-corrected chi connectivity index (χ2v) is 7.32. The van der Waals surface area contributed by atoms with Crippen LogP contribution >= 0.6 is 0 Å². The van der Waals surface area contributed by atoms with E-state index < -0.39 is 0 Å². The van der Waals surface area contributed by atoms with E-state index in [0.717, 1.165) is 42.6 Å². The van der Waals surface area contributed by atoms with Crippen molar-refractivity contribution >= 4 is 5.91 Å². The normalized spacial score (nSPS) is 19.0. The minimum Gasteiger partial charge on any atom is -0.460 e. The first-order valence-corrected chi connectivity index (χ1v) is 9.74. The number of rotatable bonds is 5. The van der Waals surface area contributed by atoms with E-state index in [1.807, 2.05) is 26.0 Å². The Labute approximate surface area is 168 Å². The maximum atomic E-state index is 12.5. The lowest BCUT2D eigenvalue weighted by molar-refractivity contribution is 0.0876. The molecule has 0 unspecified atom stereocenters. The first-order valence-electron chi connectivity index (χ1n) is 9.74. The highest BCUT2D eigenvalue weighted by Gasteiger charge is 2.25. The van der Waals surface area contributed by atoms with E-state index in [0.29, 0.717) is 11.8 Å². The standard InChI is InChI=1S/C21H23N5O3/c1-13-10-14(2)24-21(23-13)28-17-7-5-16(6-8-17)25-20(27)18-11-19(29-26-18)15-4-3-9-22-12-15/h3-4,9-12,16-17H,5-8H2,1-2H3,(H,25,27). The van der Waals surface area contributed by atoms with Crippen LogP contribution in [0.15, 0.2) is 41.2 Å². The van der Waals surface area contributed by atoms with E-state index >= 15 is 0 Å². The molecule has 1 N–H and O–H groups in total. The van der Waals surface area contributed by atoms with Gasteiger partial charge in [0, 0.05) is 41.5 Å². The molecule has 8 heteroatoms. The number of ether oxygens (including phenoxy) is 1. The van der Waals surface area contributed by atoms with Gasteiger partial charge in [0.05, 0.1) is 0 Å². The maximum absolute atomic E-state index is 12.5. The van der Waals surface area contributed by atoms with Crippen molar-refractivity contribution in [3.8, 4) is 17.3 Å². The summed E-state index contributed by atoms with van der Waals surface area (Å²) in [5.74, 6) is 0.291. The lowest BCUT2D eigenvalue weighted by Crippen LogP contribution is -2.40. The van der Waals surface area contributed by atoms with Crippen LogP contribution in [0.5, 0.6) is 6.01 Å². The summed E-state index contributed by atoms with van der Waals surface area (Å²) in [7, 11) is 0. The molecule has 4 rings (SSSR count). The molecule has 29 heavy (non-hydrogen) atoms. The van der Waals surface area contributed by atoms with Crippen LogP contribution in [0.2, 0.25) is 0 Å². The molecule has 0 atom stereocenters. The van der Waals surface area contributed by atoms with Crippen molar-refractivity contribution in [3.63, 3.8) is 0 Å². The molecule has 0 saturated heterocycles. The van der Waals surface area contributed by atoms with Gasteiger partial charge in [0.1, 0.15) is 6.10 Å². The second-order valence-electron chi connectivity index (χ2n) is 7.32. The van der Waals surface area contributed by atoms with Crippen LogP contribution in [0.3, 0.4) is 0 Å². The highest BCUT2D eigenvalue weighted by atomic mass is 16.5. The van der Waals surface area contributed by atoms with Gasteiger partial charge in [0.2, 0.25) is 0 Å². The first kappa shape index (κ1) is 19.0. The lowest BCUT2D eigenvalue weighted by Gasteiger charge is -2.28. The largest absolute Gasteiger partial charge is 0.460 e. The monoisotopic (exact) mass is 393 g/mol. The fourth-order valence-electron chi connectivity index (χ4n) is 3.51. The van der Waals surface area contributed by atoms with Crippen molar-refractivity contribution in [2.45, 2.75) is 51.7 Å². The molecule has 1 saturated carbocycles. The summed E-state index contributed by atoms with van der Waals surface area (Å²) >= 11 is 0. The third kappa shape index (κ3) is 4.77. The van der Waals surface area contributed by atoms with Crippen molar-refractivity contribution in [2.75, 3.05) is 0 Å². The molecule has 0 aromatic carbocycles. The van der Waals surface area contributed by atoms with Gasteiger partial charge in [-0.1, -0.05) is 5.16 Å². The average molecular weight is 393 g/mol. The Kier molecular flexibility index (Phi) is 5.50. The molecule has 150 valence electrons. The van der Waals surface area contributed by atoms with Crippen molar-refractivity contribution in [1.29, 1.82) is 0 Å². The zero-order valence-electron chi connectivity index (χ0n) is 16.5. The predicted octanol–water partition coefficient (Wildman–Crippen LogP) is 3.26.